The molecule has 0 saturated heterocycles. The Hall–Kier alpha value is -1.22. The van der Waals surface area contributed by atoms with E-state index in [1.807, 2.05) is 25.1 Å². The van der Waals surface area contributed by atoms with Crippen molar-refractivity contribution in [3.63, 3.8) is 0 Å². The average molecular weight is 281 g/mol. The van der Waals surface area contributed by atoms with Crippen LogP contribution in [-0.2, 0) is 4.79 Å². The smallest absolute Gasteiger partial charge is 0.224 e. The predicted molar refractivity (Wildman–Crippen MR) is 80.8 cm³/mol. The Morgan fingerprint density at radius 1 is 1.42 bits per heavy atom. The Morgan fingerprint density at radius 3 is 2.84 bits per heavy atom. The first-order valence-electron chi connectivity index (χ1n) is 6.94. The number of hydrogen-bond donors (Lipinski definition) is 2. The summed E-state index contributed by atoms with van der Waals surface area (Å²) in [6.45, 7) is 4.12. The van der Waals surface area contributed by atoms with Crippen LogP contribution in [0.2, 0.25) is 5.02 Å². The highest BCUT2D eigenvalue weighted by Gasteiger charge is 2.21. The zero-order valence-electron chi connectivity index (χ0n) is 11.5. The van der Waals surface area contributed by atoms with Crippen molar-refractivity contribution in [3.8, 4) is 0 Å². The fourth-order valence-corrected chi connectivity index (χ4v) is 2.69. The topological polar surface area (TPSA) is 41.1 Å². The SMILES string of the molecule is CCC(=O)Nc1ccc(Cl)c(NC2CCC(C)C2)c1. The Kier molecular flexibility index (Phi) is 4.70. The number of rotatable bonds is 4. The third-order valence-corrected chi connectivity index (χ3v) is 3.96. The van der Waals surface area contributed by atoms with E-state index in [1.165, 1.54) is 19.3 Å². The molecule has 2 N–H and O–H groups in total. The average Bonchev–Trinajstić information content (AvgIpc) is 2.79. The van der Waals surface area contributed by atoms with Crippen LogP contribution in [0.15, 0.2) is 18.2 Å². The van der Waals surface area contributed by atoms with Crippen molar-refractivity contribution in [2.75, 3.05) is 10.6 Å². The molecule has 19 heavy (non-hydrogen) atoms. The summed E-state index contributed by atoms with van der Waals surface area (Å²) in [7, 11) is 0. The maximum atomic E-state index is 11.4. The molecule has 1 aliphatic carbocycles. The van der Waals surface area contributed by atoms with E-state index in [-0.39, 0.29) is 5.91 Å². The molecule has 1 aromatic rings. The van der Waals surface area contributed by atoms with Gasteiger partial charge in [-0.15, -0.1) is 0 Å². The molecular formula is C15H21ClN2O. The van der Waals surface area contributed by atoms with E-state index in [4.69, 9.17) is 11.6 Å². The van der Waals surface area contributed by atoms with Crippen molar-refractivity contribution in [2.45, 2.75) is 45.6 Å². The van der Waals surface area contributed by atoms with Gasteiger partial charge in [0.15, 0.2) is 0 Å². The number of anilines is 2. The van der Waals surface area contributed by atoms with E-state index in [2.05, 4.69) is 17.6 Å². The summed E-state index contributed by atoms with van der Waals surface area (Å²) in [5.74, 6) is 0.794. The Bertz CT molecular complexity index is 461. The van der Waals surface area contributed by atoms with Gasteiger partial charge in [0.25, 0.3) is 0 Å². The zero-order valence-corrected chi connectivity index (χ0v) is 12.3. The summed E-state index contributed by atoms with van der Waals surface area (Å²) < 4.78 is 0. The quantitative estimate of drug-likeness (QED) is 0.864. The monoisotopic (exact) mass is 280 g/mol. The van der Waals surface area contributed by atoms with Crippen LogP contribution in [0.3, 0.4) is 0 Å². The largest absolute Gasteiger partial charge is 0.381 e. The number of nitrogens with one attached hydrogen (secondary N) is 2. The molecule has 0 aromatic heterocycles. The first-order valence-corrected chi connectivity index (χ1v) is 7.32. The number of carbonyl (C=O) groups is 1. The van der Waals surface area contributed by atoms with E-state index >= 15 is 0 Å². The second-order valence-electron chi connectivity index (χ2n) is 5.36. The molecule has 0 spiro atoms. The summed E-state index contributed by atoms with van der Waals surface area (Å²) in [6, 6.07) is 6.06. The fraction of sp³-hybridized carbons (Fsp3) is 0.533. The molecule has 4 heteroatoms. The molecule has 0 bridgehead atoms. The molecule has 1 amide bonds. The summed E-state index contributed by atoms with van der Waals surface area (Å²) in [4.78, 5) is 11.4. The van der Waals surface area contributed by atoms with Crippen molar-refractivity contribution < 1.29 is 4.79 Å². The molecule has 0 radical (unpaired) electrons. The summed E-state index contributed by atoms with van der Waals surface area (Å²) in [6.07, 6.45) is 4.11. The highest BCUT2D eigenvalue weighted by molar-refractivity contribution is 6.33. The normalized spacial score (nSPS) is 22.3. The van der Waals surface area contributed by atoms with Gasteiger partial charge in [-0.2, -0.15) is 0 Å². The maximum absolute atomic E-state index is 11.4. The van der Waals surface area contributed by atoms with Crippen LogP contribution in [-0.4, -0.2) is 11.9 Å². The molecule has 1 aromatic carbocycles. The minimum Gasteiger partial charge on any atom is -0.381 e. The van der Waals surface area contributed by atoms with Crippen LogP contribution in [0.5, 0.6) is 0 Å². The Morgan fingerprint density at radius 2 is 2.21 bits per heavy atom. The van der Waals surface area contributed by atoms with Crippen molar-refractivity contribution in [2.24, 2.45) is 5.92 Å². The van der Waals surface area contributed by atoms with E-state index in [9.17, 15) is 4.79 Å². The number of carbonyl (C=O) groups excluding carboxylic acids is 1. The standard InChI is InChI=1S/C15H21ClN2O/c1-3-15(19)18-12-6-7-13(16)14(9-12)17-11-5-4-10(2)8-11/h6-7,9-11,17H,3-5,8H2,1-2H3,(H,18,19). The lowest BCUT2D eigenvalue weighted by Crippen LogP contribution is -2.16. The van der Waals surface area contributed by atoms with E-state index in [1.54, 1.807) is 0 Å². The Balaban J connectivity index is 2.06. The van der Waals surface area contributed by atoms with Gasteiger partial charge in [0, 0.05) is 18.2 Å². The second kappa shape index (κ2) is 6.29. The van der Waals surface area contributed by atoms with Crippen LogP contribution in [0, 0.1) is 5.92 Å². The predicted octanol–water partition coefficient (Wildman–Crippen LogP) is 4.29. The lowest BCUT2D eigenvalue weighted by Gasteiger charge is -2.16. The van der Waals surface area contributed by atoms with Crippen molar-refractivity contribution in [3.05, 3.63) is 23.2 Å². The van der Waals surface area contributed by atoms with Crippen LogP contribution < -0.4 is 10.6 Å². The third kappa shape index (κ3) is 3.87. The first-order chi connectivity index (χ1) is 9.08. The lowest BCUT2D eigenvalue weighted by atomic mass is 10.1. The van der Waals surface area contributed by atoms with Crippen molar-refractivity contribution in [1.82, 2.24) is 0 Å². The molecule has 1 aliphatic rings. The number of benzene rings is 1. The summed E-state index contributed by atoms with van der Waals surface area (Å²) in [5.41, 5.74) is 1.71. The minimum atomic E-state index is 0.0164. The summed E-state index contributed by atoms with van der Waals surface area (Å²) >= 11 is 6.21. The molecule has 1 fully saturated rings. The number of amides is 1. The molecule has 0 aliphatic heterocycles. The molecule has 3 nitrogen and oxygen atoms in total. The van der Waals surface area contributed by atoms with Gasteiger partial charge in [-0.05, 0) is 43.4 Å². The highest BCUT2D eigenvalue weighted by atomic mass is 35.5. The lowest BCUT2D eigenvalue weighted by molar-refractivity contribution is -0.115. The Labute approximate surface area is 119 Å². The van der Waals surface area contributed by atoms with Gasteiger partial charge in [0.05, 0.1) is 10.7 Å². The fourth-order valence-electron chi connectivity index (χ4n) is 2.52. The van der Waals surface area contributed by atoms with Crippen molar-refractivity contribution in [1.29, 1.82) is 0 Å². The van der Waals surface area contributed by atoms with Crippen LogP contribution >= 0.6 is 11.6 Å². The van der Waals surface area contributed by atoms with Gasteiger partial charge in [0.2, 0.25) is 5.91 Å². The van der Waals surface area contributed by atoms with Crippen LogP contribution in [0.1, 0.15) is 39.5 Å². The summed E-state index contributed by atoms with van der Waals surface area (Å²) in [5, 5.41) is 7.05. The molecule has 2 rings (SSSR count). The van der Waals surface area contributed by atoms with Gasteiger partial charge in [0.1, 0.15) is 0 Å². The van der Waals surface area contributed by atoms with Gasteiger partial charge in [-0.1, -0.05) is 25.4 Å². The third-order valence-electron chi connectivity index (χ3n) is 3.63. The molecule has 2 unspecified atom stereocenters. The maximum Gasteiger partial charge on any atom is 0.224 e. The minimum absolute atomic E-state index is 0.0164. The van der Waals surface area contributed by atoms with E-state index < -0.39 is 0 Å². The van der Waals surface area contributed by atoms with E-state index in [0.29, 0.717) is 17.5 Å². The van der Waals surface area contributed by atoms with E-state index in [0.717, 1.165) is 17.3 Å². The van der Waals surface area contributed by atoms with Gasteiger partial charge in [-0.3, -0.25) is 4.79 Å². The molecule has 0 heterocycles. The van der Waals surface area contributed by atoms with Crippen LogP contribution in [0.25, 0.3) is 0 Å². The molecule has 2 atom stereocenters. The van der Waals surface area contributed by atoms with Gasteiger partial charge < -0.3 is 10.6 Å². The number of hydrogen-bond acceptors (Lipinski definition) is 2. The van der Waals surface area contributed by atoms with Gasteiger partial charge >= 0.3 is 0 Å². The highest BCUT2D eigenvalue weighted by Crippen LogP contribution is 2.31. The first kappa shape index (κ1) is 14.2. The van der Waals surface area contributed by atoms with Gasteiger partial charge in [-0.25, -0.2) is 0 Å². The number of halogens is 1. The van der Waals surface area contributed by atoms with Crippen LogP contribution in [0.4, 0.5) is 11.4 Å². The molecular weight excluding hydrogens is 260 g/mol. The molecule has 1 saturated carbocycles. The van der Waals surface area contributed by atoms with Crippen molar-refractivity contribution >= 4 is 28.9 Å². The second-order valence-corrected chi connectivity index (χ2v) is 5.76. The zero-order chi connectivity index (χ0) is 13.8. The molecule has 104 valence electrons.